The fourth-order valence-corrected chi connectivity index (χ4v) is 3.94. The van der Waals surface area contributed by atoms with Crippen LogP contribution >= 0.6 is 22.9 Å². The van der Waals surface area contributed by atoms with E-state index in [9.17, 15) is 14.4 Å². The first-order valence-corrected chi connectivity index (χ1v) is 9.57. The van der Waals surface area contributed by atoms with E-state index in [-0.39, 0.29) is 30.7 Å². The molecule has 0 aliphatic carbocycles. The topological polar surface area (TPSA) is 92.3 Å². The van der Waals surface area contributed by atoms with Crippen LogP contribution in [-0.2, 0) is 4.79 Å². The van der Waals surface area contributed by atoms with Crippen molar-refractivity contribution in [1.82, 2.24) is 15.1 Å². The largest absolute Gasteiger partial charge is 0.300 e. The molecule has 0 radical (unpaired) electrons. The summed E-state index contributed by atoms with van der Waals surface area (Å²) in [6, 6.07) is 13.8. The summed E-state index contributed by atoms with van der Waals surface area (Å²) in [4.78, 5) is 37.9. The maximum absolute atomic E-state index is 12.3. The Hall–Kier alpha value is -3.10. The minimum atomic E-state index is -0.384. The van der Waals surface area contributed by atoms with Gasteiger partial charge in [0.15, 0.2) is 5.01 Å². The molecule has 2 heterocycles. The number of amides is 3. The highest BCUT2D eigenvalue weighted by Gasteiger charge is 2.35. The molecule has 1 aliphatic rings. The molecule has 28 heavy (non-hydrogen) atoms. The highest BCUT2D eigenvalue weighted by Crippen LogP contribution is 2.31. The van der Waals surface area contributed by atoms with E-state index in [2.05, 4.69) is 15.5 Å². The first-order valence-electron chi connectivity index (χ1n) is 8.38. The number of imide groups is 1. The zero-order chi connectivity index (χ0) is 19.7. The van der Waals surface area contributed by atoms with Gasteiger partial charge < -0.3 is 5.32 Å². The van der Waals surface area contributed by atoms with Crippen LogP contribution in [0, 0.1) is 0 Å². The van der Waals surface area contributed by atoms with E-state index in [0.29, 0.717) is 26.3 Å². The fourth-order valence-electron chi connectivity index (χ4n) is 2.85. The van der Waals surface area contributed by atoms with Gasteiger partial charge in [-0.05, 0) is 18.2 Å². The summed E-state index contributed by atoms with van der Waals surface area (Å²) in [5.41, 5.74) is 1.45. The first kappa shape index (κ1) is 18.3. The summed E-state index contributed by atoms with van der Waals surface area (Å²) < 4.78 is 0. The van der Waals surface area contributed by atoms with Gasteiger partial charge in [-0.1, -0.05) is 53.3 Å². The maximum Gasteiger partial charge on any atom is 0.261 e. The predicted molar refractivity (Wildman–Crippen MR) is 105 cm³/mol. The molecule has 4 rings (SSSR count). The van der Waals surface area contributed by atoms with Gasteiger partial charge in [-0.3, -0.25) is 19.3 Å². The molecular formula is C19H13ClN4O3S. The highest BCUT2D eigenvalue weighted by atomic mass is 35.5. The number of rotatable bonds is 5. The Morgan fingerprint density at radius 1 is 0.964 bits per heavy atom. The van der Waals surface area contributed by atoms with Gasteiger partial charge >= 0.3 is 0 Å². The minimum absolute atomic E-state index is 0.00560. The first-order chi connectivity index (χ1) is 13.5. The second kappa shape index (κ2) is 7.49. The summed E-state index contributed by atoms with van der Waals surface area (Å²) in [5, 5.41) is 12.1. The van der Waals surface area contributed by atoms with Crippen molar-refractivity contribution in [3.8, 4) is 10.6 Å². The van der Waals surface area contributed by atoms with Crippen molar-refractivity contribution < 1.29 is 14.4 Å². The van der Waals surface area contributed by atoms with E-state index >= 15 is 0 Å². The SMILES string of the molecule is O=C(CCN1C(=O)c2ccccc2C1=O)Nc1nnc(-c2ccccc2Cl)s1. The molecule has 0 atom stereocenters. The van der Waals surface area contributed by atoms with Gasteiger partial charge in [0.1, 0.15) is 0 Å². The molecule has 1 aliphatic heterocycles. The van der Waals surface area contributed by atoms with Crippen LogP contribution in [0.1, 0.15) is 27.1 Å². The van der Waals surface area contributed by atoms with Gasteiger partial charge in [-0.25, -0.2) is 0 Å². The Morgan fingerprint density at radius 2 is 1.57 bits per heavy atom. The van der Waals surface area contributed by atoms with Crippen molar-refractivity contribution in [2.24, 2.45) is 0 Å². The van der Waals surface area contributed by atoms with E-state index in [0.717, 1.165) is 10.5 Å². The number of aromatic nitrogens is 2. The normalized spacial score (nSPS) is 13.0. The molecule has 0 bridgehead atoms. The Bertz CT molecular complexity index is 1060. The van der Waals surface area contributed by atoms with Gasteiger partial charge in [0.25, 0.3) is 11.8 Å². The summed E-state index contributed by atoms with van der Waals surface area (Å²) in [7, 11) is 0. The fraction of sp³-hybridized carbons (Fsp3) is 0.105. The van der Waals surface area contributed by atoms with Crippen LogP contribution < -0.4 is 5.32 Å². The summed E-state index contributed by atoms with van der Waals surface area (Å²) in [5.74, 6) is -1.13. The van der Waals surface area contributed by atoms with E-state index in [1.165, 1.54) is 11.3 Å². The second-order valence-electron chi connectivity index (χ2n) is 6.00. The van der Waals surface area contributed by atoms with Crippen molar-refractivity contribution in [3.63, 3.8) is 0 Å². The quantitative estimate of drug-likeness (QED) is 0.647. The molecule has 1 aromatic heterocycles. The lowest BCUT2D eigenvalue weighted by Crippen LogP contribution is -2.32. The molecule has 1 N–H and O–H groups in total. The number of fused-ring (bicyclic) bond motifs is 1. The molecule has 0 saturated heterocycles. The molecule has 0 saturated carbocycles. The number of hydrogen-bond donors (Lipinski definition) is 1. The zero-order valence-electron chi connectivity index (χ0n) is 14.4. The predicted octanol–water partition coefficient (Wildman–Crippen LogP) is 3.48. The van der Waals surface area contributed by atoms with Crippen LogP contribution in [-0.4, -0.2) is 39.4 Å². The molecule has 7 nitrogen and oxygen atoms in total. The standard InChI is InChI=1S/C19H13ClN4O3S/c20-14-8-4-3-7-13(14)16-22-23-19(28-16)21-15(25)9-10-24-17(26)11-5-1-2-6-12(11)18(24)27/h1-8H,9-10H2,(H,21,23,25). The van der Waals surface area contributed by atoms with Crippen LogP contribution in [0.3, 0.4) is 0 Å². The Kier molecular flexibility index (Phi) is 4.89. The summed E-state index contributed by atoms with van der Waals surface area (Å²) in [6.45, 7) is -0.00560. The Labute approximate surface area is 169 Å². The molecule has 140 valence electrons. The highest BCUT2D eigenvalue weighted by molar-refractivity contribution is 7.18. The lowest BCUT2D eigenvalue weighted by Gasteiger charge is -2.12. The second-order valence-corrected chi connectivity index (χ2v) is 7.38. The van der Waals surface area contributed by atoms with E-state index in [1.54, 1.807) is 30.3 Å². The number of anilines is 1. The third-order valence-electron chi connectivity index (χ3n) is 4.22. The number of halogens is 1. The van der Waals surface area contributed by atoms with Crippen molar-refractivity contribution in [2.75, 3.05) is 11.9 Å². The van der Waals surface area contributed by atoms with Crippen molar-refractivity contribution in [3.05, 3.63) is 64.7 Å². The van der Waals surface area contributed by atoms with Crippen LogP contribution in [0.25, 0.3) is 10.6 Å². The van der Waals surface area contributed by atoms with Crippen molar-refractivity contribution in [2.45, 2.75) is 6.42 Å². The van der Waals surface area contributed by atoms with Gasteiger partial charge in [-0.15, -0.1) is 10.2 Å². The number of nitrogens with one attached hydrogen (secondary N) is 1. The van der Waals surface area contributed by atoms with Crippen LogP contribution in [0.4, 0.5) is 5.13 Å². The number of carbonyl (C=O) groups is 3. The number of carbonyl (C=O) groups excluding carboxylic acids is 3. The maximum atomic E-state index is 12.3. The van der Waals surface area contributed by atoms with E-state index in [1.807, 2.05) is 18.2 Å². The molecule has 3 aromatic rings. The molecule has 9 heteroatoms. The smallest absolute Gasteiger partial charge is 0.261 e. The number of nitrogens with zero attached hydrogens (tertiary/aromatic N) is 3. The lowest BCUT2D eigenvalue weighted by molar-refractivity contribution is -0.116. The summed E-state index contributed by atoms with van der Waals surface area (Å²) >= 11 is 7.34. The van der Waals surface area contributed by atoms with Crippen LogP contribution in [0.15, 0.2) is 48.5 Å². The molecule has 2 aromatic carbocycles. The molecular weight excluding hydrogens is 400 g/mol. The molecule has 3 amide bonds. The number of benzene rings is 2. The number of hydrogen-bond acceptors (Lipinski definition) is 6. The van der Waals surface area contributed by atoms with E-state index < -0.39 is 0 Å². The summed E-state index contributed by atoms with van der Waals surface area (Å²) in [6.07, 6.45) is -0.0352. The van der Waals surface area contributed by atoms with Gasteiger partial charge in [0.2, 0.25) is 11.0 Å². The Balaban J connectivity index is 1.38. The lowest BCUT2D eigenvalue weighted by atomic mass is 10.1. The van der Waals surface area contributed by atoms with Gasteiger partial charge in [-0.2, -0.15) is 0 Å². The van der Waals surface area contributed by atoms with Crippen molar-refractivity contribution in [1.29, 1.82) is 0 Å². The zero-order valence-corrected chi connectivity index (χ0v) is 16.0. The van der Waals surface area contributed by atoms with Gasteiger partial charge in [0.05, 0.1) is 16.1 Å². The van der Waals surface area contributed by atoms with E-state index in [4.69, 9.17) is 11.6 Å². The van der Waals surface area contributed by atoms with Crippen molar-refractivity contribution >= 4 is 45.8 Å². The minimum Gasteiger partial charge on any atom is -0.300 e. The third-order valence-corrected chi connectivity index (χ3v) is 5.42. The molecule has 0 spiro atoms. The average molecular weight is 413 g/mol. The van der Waals surface area contributed by atoms with Crippen LogP contribution in [0.2, 0.25) is 5.02 Å². The molecule has 0 fully saturated rings. The van der Waals surface area contributed by atoms with Crippen LogP contribution in [0.5, 0.6) is 0 Å². The van der Waals surface area contributed by atoms with Gasteiger partial charge in [0, 0.05) is 18.5 Å². The Morgan fingerprint density at radius 3 is 2.21 bits per heavy atom. The molecule has 0 unspecified atom stereocenters. The monoisotopic (exact) mass is 412 g/mol. The third kappa shape index (κ3) is 3.39. The average Bonchev–Trinajstić information content (AvgIpc) is 3.24.